The Hall–Kier alpha value is -0.320. The first-order valence-corrected chi connectivity index (χ1v) is 8.86. The number of rotatable bonds is 16. The van der Waals surface area contributed by atoms with Crippen LogP contribution in [-0.2, 0) is 0 Å². The Balaban J connectivity index is 4.78. The summed E-state index contributed by atoms with van der Waals surface area (Å²) in [6, 6.07) is 0. The molecule has 24 heavy (non-hydrogen) atoms. The SMILES string of the molecule is CC(O)CNCC[N+](CCO)(CCN(CCO)CCO)CC(C)O. The maximum absolute atomic E-state index is 9.88. The van der Waals surface area contributed by atoms with Crippen LogP contribution in [0, 0.1) is 0 Å². The van der Waals surface area contributed by atoms with E-state index in [1.807, 2.05) is 4.90 Å². The van der Waals surface area contributed by atoms with Crippen molar-refractivity contribution in [1.29, 1.82) is 0 Å². The standard InChI is InChI=1S/C16H38N3O5/c1-15(23)13-17-3-7-19(9-12-22,14-16(2)24)8-4-18(5-10-20)6-11-21/h15-17,20-24H,3-14H2,1-2H3/q+1. The van der Waals surface area contributed by atoms with Gasteiger partial charge in [0, 0.05) is 32.7 Å². The Bertz CT molecular complexity index is 289. The Morgan fingerprint density at radius 3 is 1.92 bits per heavy atom. The van der Waals surface area contributed by atoms with Crippen molar-refractivity contribution in [1.82, 2.24) is 10.2 Å². The van der Waals surface area contributed by atoms with E-state index >= 15 is 0 Å². The average Bonchev–Trinajstić information content (AvgIpc) is 2.49. The van der Waals surface area contributed by atoms with Gasteiger partial charge < -0.3 is 35.3 Å². The summed E-state index contributed by atoms with van der Waals surface area (Å²) in [6.07, 6.45) is -0.899. The number of hydrogen-bond acceptors (Lipinski definition) is 7. The molecule has 0 aliphatic carbocycles. The van der Waals surface area contributed by atoms with Crippen LogP contribution >= 0.6 is 0 Å². The number of nitrogens with zero attached hydrogens (tertiary/aromatic N) is 2. The highest BCUT2D eigenvalue weighted by molar-refractivity contribution is 4.61. The summed E-state index contributed by atoms with van der Waals surface area (Å²) < 4.78 is 0.550. The molecule has 146 valence electrons. The van der Waals surface area contributed by atoms with Crippen LogP contribution in [0.15, 0.2) is 0 Å². The van der Waals surface area contributed by atoms with Gasteiger partial charge in [-0.15, -0.1) is 0 Å². The molecule has 0 saturated carbocycles. The van der Waals surface area contributed by atoms with Gasteiger partial charge in [0.1, 0.15) is 19.2 Å². The number of hydrogen-bond donors (Lipinski definition) is 6. The van der Waals surface area contributed by atoms with Gasteiger partial charge in [0.2, 0.25) is 0 Å². The lowest BCUT2D eigenvalue weighted by Gasteiger charge is -2.40. The Morgan fingerprint density at radius 1 is 0.833 bits per heavy atom. The van der Waals surface area contributed by atoms with Crippen LogP contribution in [0.4, 0.5) is 0 Å². The summed E-state index contributed by atoms with van der Waals surface area (Å²) in [5.41, 5.74) is 0. The molecule has 6 N–H and O–H groups in total. The molecule has 0 spiro atoms. The molecule has 0 fully saturated rings. The highest BCUT2D eigenvalue weighted by Crippen LogP contribution is 2.09. The van der Waals surface area contributed by atoms with E-state index < -0.39 is 12.2 Å². The fourth-order valence-corrected chi connectivity index (χ4v) is 2.98. The third-order valence-corrected chi connectivity index (χ3v) is 4.15. The molecule has 3 atom stereocenters. The van der Waals surface area contributed by atoms with Crippen molar-refractivity contribution < 1.29 is 30.0 Å². The van der Waals surface area contributed by atoms with Crippen molar-refractivity contribution in [2.24, 2.45) is 0 Å². The van der Waals surface area contributed by atoms with Crippen molar-refractivity contribution in [3.63, 3.8) is 0 Å². The lowest BCUT2D eigenvalue weighted by Crippen LogP contribution is -2.59. The molecule has 0 aromatic heterocycles. The van der Waals surface area contributed by atoms with E-state index in [0.29, 0.717) is 56.8 Å². The number of quaternary nitrogens is 1. The number of nitrogens with one attached hydrogen (secondary N) is 1. The van der Waals surface area contributed by atoms with E-state index in [4.69, 9.17) is 10.2 Å². The van der Waals surface area contributed by atoms with Gasteiger partial charge in [0.05, 0.1) is 39.0 Å². The Morgan fingerprint density at radius 2 is 1.46 bits per heavy atom. The maximum atomic E-state index is 9.88. The molecular weight excluding hydrogens is 314 g/mol. The zero-order valence-corrected chi connectivity index (χ0v) is 15.3. The van der Waals surface area contributed by atoms with Crippen LogP contribution in [0.25, 0.3) is 0 Å². The molecule has 8 heteroatoms. The van der Waals surface area contributed by atoms with Crippen molar-refractivity contribution in [2.75, 3.05) is 78.7 Å². The van der Waals surface area contributed by atoms with Crippen molar-refractivity contribution in [3.05, 3.63) is 0 Å². The molecule has 0 amide bonds. The molecule has 0 heterocycles. The fraction of sp³-hybridized carbons (Fsp3) is 1.00. The summed E-state index contributed by atoms with van der Waals surface area (Å²) in [5, 5.41) is 50.1. The lowest BCUT2D eigenvalue weighted by molar-refractivity contribution is -0.929. The largest absolute Gasteiger partial charge is 0.395 e. The van der Waals surface area contributed by atoms with Crippen LogP contribution in [0.2, 0.25) is 0 Å². The summed E-state index contributed by atoms with van der Waals surface area (Å²) in [5.74, 6) is 0. The predicted molar refractivity (Wildman–Crippen MR) is 93.7 cm³/mol. The molecule has 0 saturated heterocycles. The fourth-order valence-electron chi connectivity index (χ4n) is 2.98. The minimum atomic E-state index is -0.488. The molecule has 0 aliphatic heterocycles. The van der Waals surface area contributed by atoms with E-state index in [0.717, 1.165) is 6.54 Å². The summed E-state index contributed by atoms with van der Waals surface area (Å²) in [6.45, 7) is 8.91. The van der Waals surface area contributed by atoms with Gasteiger partial charge in [0.15, 0.2) is 0 Å². The van der Waals surface area contributed by atoms with E-state index in [2.05, 4.69) is 5.32 Å². The third-order valence-electron chi connectivity index (χ3n) is 4.15. The zero-order valence-electron chi connectivity index (χ0n) is 15.3. The van der Waals surface area contributed by atoms with Gasteiger partial charge in [-0.1, -0.05) is 0 Å². The van der Waals surface area contributed by atoms with Gasteiger partial charge >= 0.3 is 0 Å². The van der Waals surface area contributed by atoms with E-state index in [-0.39, 0.29) is 19.8 Å². The molecule has 0 bridgehead atoms. The second-order valence-corrected chi connectivity index (χ2v) is 6.61. The first-order chi connectivity index (χ1) is 11.4. The average molecular weight is 352 g/mol. The highest BCUT2D eigenvalue weighted by Gasteiger charge is 2.29. The van der Waals surface area contributed by atoms with Crippen LogP contribution in [0.1, 0.15) is 13.8 Å². The molecule has 8 nitrogen and oxygen atoms in total. The number of aliphatic hydroxyl groups excluding tert-OH is 5. The van der Waals surface area contributed by atoms with Crippen LogP contribution < -0.4 is 5.32 Å². The number of aliphatic hydroxyl groups is 5. The Labute approximate surface area is 145 Å². The molecule has 0 aromatic carbocycles. The molecule has 0 aromatic rings. The van der Waals surface area contributed by atoms with Crippen molar-refractivity contribution in [2.45, 2.75) is 26.1 Å². The smallest absolute Gasteiger partial charge is 0.105 e. The van der Waals surface area contributed by atoms with Crippen molar-refractivity contribution in [3.8, 4) is 0 Å². The van der Waals surface area contributed by atoms with Crippen LogP contribution in [0.3, 0.4) is 0 Å². The quantitative estimate of drug-likeness (QED) is 0.134. The molecule has 3 unspecified atom stereocenters. The normalized spacial score (nSPS) is 17.0. The second-order valence-electron chi connectivity index (χ2n) is 6.61. The summed E-state index contributed by atoms with van der Waals surface area (Å²) in [4.78, 5) is 1.98. The summed E-state index contributed by atoms with van der Waals surface area (Å²) >= 11 is 0. The lowest BCUT2D eigenvalue weighted by atomic mass is 10.2. The van der Waals surface area contributed by atoms with E-state index in [1.165, 1.54) is 0 Å². The molecule has 0 radical (unpaired) electrons. The maximum Gasteiger partial charge on any atom is 0.105 e. The minimum absolute atomic E-state index is 0.0309. The molecule has 0 rings (SSSR count). The topological polar surface area (TPSA) is 116 Å². The zero-order chi connectivity index (χ0) is 18.4. The van der Waals surface area contributed by atoms with Gasteiger partial charge in [-0.2, -0.15) is 0 Å². The predicted octanol–water partition coefficient (Wildman–Crippen LogP) is -2.57. The highest BCUT2D eigenvalue weighted by atomic mass is 16.3. The second kappa shape index (κ2) is 13.9. The van der Waals surface area contributed by atoms with Gasteiger partial charge in [0.25, 0.3) is 0 Å². The van der Waals surface area contributed by atoms with Gasteiger partial charge in [-0.25, -0.2) is 0 Å². The molecule has 0 aliphatic rings. The third kappa shape index (κ3) is 11.3. The van der Waals surface area contributed by atoms with Gasteiger partial charge in [-0.05, 0) is 13.8 Å². The van der Waals surface area contributed by atoms with Crippen LogP contribution in [0.5, 0.6) is 0 Å². The van der Waals surface area contributed by atoms with E-state index in [9.17, 15) is 15.3 Å². The first kappa shape index (κ1) is 23.7. The van der Waals surface area contributed by atoms with E-state index in [1.54, 1.807) is 13.8 Å². The Kier molecular flexibility index (Phi) is 13.7. The van der Waals surface area contributed by atoms with Gasteiger partial charge in [-0.3, -0.25) is 4.90 Å². The van der Waals surface area contributed by atoms with Crippen molar-refractivity contribution >= 4 is 0 Å². The monoisotopic (exact) mass is 352 g/mol. The first-order valence-electron chi connectivity index (χ1n) is 8.86. The summed E-state index contributed by atoms with van der Waals surface area (Å²) in [7, 11) is 0. The van der Waals surface area contributed by atoms with Crippen LogP contribution in [-0.4, -0.2) is 126 Å². The minimum Gasteiger partial charge on any atom is -0.395 e. The molecular formula is C16H38N3O5+.